The van der Waals surface area contributed by atoms with Crippen LogP contribution in [0.5, 0.6) is 5.75 Å². The van der Waals surface area contributed by atoms with Crippen molar-refractivity contribution in [2.75, 3.05) is 25.1 Å². The standard InChI is InChI=1S/C21H23NO4/c1-2-3-12-26-13-6-11-22-16-9-10-17(23)19-18(16)20(24)14-7-4-5-8-15(14)21(19)25/h4-5,7-10,22-23H,2-3,6,11-13H2,1H3. The number of ketones is 2. The number of rotatable bonds is 8. The molecule has 1 aliphatic carbocycles. The Kier molecular flexibility index (Phi) is 5.68. The van der Waals surface area contributed by atoms with Crippen LogP contribution in [-0.2, 0) is 4.74 Å². The lowest BCUT2D eigenvalue weighted by molar-refractivity contribution is 0.0977. The van der Waals surface area contributed by atoms with Crippen LogP contribution in [0.25, 0.3) is 0 Å². The highest BCUT2D eigenvalue weighted by Gasteiger charge is 2.33. The number of carbonyl (C=O) groups excluding carboxylic acids is 2. The molecule has 2 aromatic rings. The van der Waals surface area contributed by atoms with Crippen LogP contribution in [-0.4, -0.2) is 36.4 Å². The topological polar surface area (TPSA) is 75.6 Å². The number of phenolic OH excluding ortho intramolecular Hbond substituents is 1. The number of hydrogen-bond acceptors (Lipinski definition) is 5. The average Bonchev–Trinajstić information content (AvgIpc) is 2.66. The first kappa shape index (κ1) is 18.1. The summed E-state index contributed by atoms with van der Waals surface area (Å²) in [5.41, 5.74) is 1.61. The van der Waals surface area contributed by atoms with Crippen molar-refractivity contribution >= 4 is 17.3 Å². The van der Waals surface area contributed by atoms with Gasteiger partial charge in [-0.05, 0) is 25.0 Å². The highest BCUT2D eigenvalue weighted by atomic mass is 16.5. The fourth-order valence-electron chi connectivity index (χ4n) is 3.10. The second kappa shape index (κ2) is 8.15. The van der Waals surface area contributed by atoms with Crippen molar-refractivity contribution in [1.29, 1.82) is 0 Å². The van der Waals surface area contributed by atoms with Gasteiger partial charge in [0.1, 0.15) is 5.75 Å². The third kappa shape index (κ3) is 3.48. The molecule has 5 heteroatoms. The van der Waals surface area contributed by atoms with Crippen molar-refractivity contribution in [1.82, 2.24) is 0 Å². The van der Waals surface area contributed by atoms with Crippen LogP contribution in [0, 0.1) is 0 Å². The molecule has 5 nitrogen and oxygen atoms in total. The lowest BCUT2D eigenvalue weighted by Crippen LogP contribution is -2.23. The summed E-state index contributed by atoms with van der Waals surface area (Å²) in [4.78, 5) is 25.6. The van der Waals surface area contributed by atoms with Gasteiger partial charge in [0.2, 0.25) is 0 Å². The molecule has 0 unspecified atom stereocenters. The van der Waals surface area contributed by atoms with Crippen molar-refractivity contribution in [3.05, 3.63) is 58.7 Å². The summed E-state index contributed by atoms with van der Waals surface area (Å²) in [7, 11) is 0. The molecule has 26 heavy (non-hydrogen) atoms. The largest absolute Gasteiger partial charge is 0.507 e. The van der Waals surface area contributed by atoms with Gasteiger partial charge in [0.05, 0.1) is 11.1 Å². The molecule has 0 amide bonds. The van der Waals surface area contributed by atoms with E-state index in [1.165, 1.54) is 6.07 Å². The first-order valence-electron chi connectivity index (χ1n) is 9.01. The number of fused-ring (bicyclic) bond motifs is 2. The Morgan fingerprint density at radius 1 is 0.923 bits per heavy atom. The highest BCUT2D eigenvalue weighted by Crippen LogP contribution is 2.36. The van der Waals surface area contributed by atoms with Crippen LogP contribution in [0.3, 0.4) is 0 Å². The molecule has 2 aromatic carbocycles. The summed E-state index contributed by atoms with van der Waals surface area (Å²) in [6.07, 6.45) is 2.95. The number of nitrogens with one attached hydrogen (secondary N) is 1. The molecule has 0 aromatic heterocycles. The van der Waals surface area contributed by atoms with Crippen molar-refractivity contribution in [2.24, 2.45) is 0 Å². The summed E-state index contributed by atoms with van der Waals surface area (Å²) in [6, 6.07) is 9.81. The van der Waals surface area contributed by atoms with Crippen LogP contribution < -0.4 is 5.32 Å². The van der Waals surface area contributed by atoms with E-state index in [1.54, 1.807) is 30.3 Å². The van der Waals surface area contributed by atoms with Gasteiger partial charge in [-0.15, -0.1) is 0 Å². The van der Waals surface area contributed by atoms with Crippen molar-refractivity contribution in [3.63, 3.8) is 0 Å². The maximum atomic E-state index is 12.9. The summed E-state index contributed by atoms with van der Waals surface area (Å²) < 4.78 is 5.53. The minimum absolute atomic E-state index is 0.0814. The number of aromatic hydroxyl groups is 1. The molecule has 0 aliphatic heterocycles. The lowest BCUT2D eigenvalue weighted by Gasteiger charge is -2.21. The van der Waals surface area contributed by atoms with Gasteiger partial charge >= 0.3 is 0 Å². The molecule has 0 spiro atoms. The van der Waals surface area contributed by atoms with Gasteiger partial charge in [0.25, 0.3) is 0 Å². The molecule has 136 valence electrons. The van der Waals surface area contributed by atoms with Crippen LogP contribution in [0.15, 0.2) is 36.4 Å². The molecule has 0 radical (unpaired) electrons. The zero-order valence-corrected chi connectivity index (χ0v) is 14.9. The van der Waals surface area contributed by atoms with Gasteiger partial charge in [0.15, 0.2) is 11.6 Å². The Morgan fingerprint density at radius 2 is 1.58 bits per heavy atom. The maximum Gasteiger partial charge on any atom is 0.198 e. The Bertz CT molecular complexity index is 829. The fraction of sp³-hybridized carbons (Fsp3) is 0.333. The molecule has 0 fully saturated rings. The number of anilines is 1. The van der Waals surface area contributed by atoms with Gasteiger partial charge in [-0.1, -0.05) is 37.6 Å². The SMILES string of the molecule is CCCCOCCCNc1ccc(O)c2c1C(=O)c1ccccc1C2=O. The van der Waals surface area contributed by atoms with E-state index in [9.17, 15) is 14.7 Å². The second-order valence-electron chi connectivity index (χ2n) is 6.33. The lowest BCUT2D eigenvalue weighted by atomic mass is 9.82. The average molecular weight is 353 g/mol. The monoisotopic (exact) mass is 353 g/mol. The van der Waals surface area contributed by atoms with E-state index in [4.69, 9.17) is 4.74 Å². The van der Waals surface area contributed by atoms with Crippen molar-refractivity contribution < 1.29 is 19.4 Å². The van der Waals surface area contributed by atoms with Crippen LogP contribution in [0.1, 0.15) is 58.0 Å². The third-order valence-electron chi connectivity index (χ3n) is 4.48. The zero-order valence-electron chi connectivity index (χ0n) is 14.9. The highest BCUT2D eigenvalue weighted by molar-refractivity contribution is 6.31. The molecule has 0 saturated heterocycles. The maximum absolute atomic E-state index is 12.9. The van der Waals surface area contributed by atoms with E-state index in [0.29, 0.717) is 30.0 Å². The third-order valence-corrected chi connectivity index (χ3v) is 4.48. The predicted octanol–water partition coefficient (Wildman–Crippen LogP) is 3.79. The molecule has 0 bridgehead atoms. The number of carbonyl (C=O) groups is 2. The fourth-order valence-corrected chi connectivity index (χ4v) is 3.10. The first-order valence-corrected chi connectivity index (χ1v) is 9.01. The van der Waals surface area contributed by atoms with Crippen molar-refractivity contribution in [2.45, 2.75) is 26.2 Å². The van der Waals surface area contributed by atoms with E-state index in [2.05, 4.69) is 12.2 Å². The molecule has 0 saturated carbocycles. The number of unbranched alkanes of at least 4 members (excludes halogenated alkanes) is 1. The van der Waals surface area contributed by atoms with E-state index in [1.807, 2.05) is 0 Å². The van der Waals surface area contributed by atoms with E-state index < -0.39 is 0 Å². The molecular formula is C21H23NO4. The summed E-state index contributed by atoms with van der Waals surface area (Å²) in [5.74, 6) is -0.728. The molecule has 1 aliphatic rings. The number of ether oxygens (including phenoxy) is 1. The van der Waals surface area contributed by atoms with E-state index in [-0.39, 0.29) is 28.4 Å². The van der Waals surface area contributed by atoms with Gasteiger partial charge in [-0.2, -0.15) is 0 Å². The van der Waals surface area contributed by atoms with Crippen LogP contribution >= 0.6 is 0 Å². The zero-order chi connectivity index (χ0) is 18.5. The Hall–Kier alpha value is -2.66. The molecule has 0 heterocycles. The minimum atomic E-state index is -0.320. The van der Waals surface area contributed by atoms with Gasteiger partial charge in [-0.25, -0.2) is 0 Å². The van der Waals surface area contributed by atoms with Gasteiger partial charge < -0.3 is 15.2 Å². The second-order valence-corrected chi connectivity index (χ2v) is 6.33. The predicted molar refractivity (Wildman–Crippen MR) is 100 cm³/mol. The molecule has 0 atom stereocenters. The van der Waals surface area contributed by atoms with E-state index >= 15 is 0 Å². The Balaban J connectivity index is 1.78. The molecular weight excluding hydrogens is 330 g/mol. The summed E-state index contributed by atoms with van der Waals surface area (Å²) in [5, 5.41) is 13.4. The van der Waals surface area contributed by atoms with E-state index in [0.717, 1.165) is 25.9 Å². The summed E-state index contributed by atoms with van der Waals surface area (Å²) >= 11 is 0. The number of benzene rings is 2. The minimum Gasteiger partial charge on any atom is -0.507 e. The normalized spacial score (nSPS) is 12.7. The molecule has 3 rings (SSSR count). The Labute approximate surface area is 153 Å². The van der Waals surface area contributed by atoms with Gasteiger partial charge in [-0.3, -0.25) is 9.59 Å². The van der Waals surface area contributed by atoms with Crippen LogP contribution in [0.2, 0.25) is 0 Å². The Morgan fingerprint density at radius 3 is 2.27 bits per heavy atom. The van der Waals surface area contributed by atoms with Crippen molar-refractivity contribution in [3.8, 4) is 5.75 Å². The smallest absolute Gasteiger partial charge is 0.198 e. The van der Waals surface area contributed by atoms with Gasteiger partial charge in [0, 0.05) is 36.6 Å². The number of hydrogen-bond donors (Lipinski definition) is 2. The quantitative estimate of drug-likeness (QED) is 0.476. The first-order chi connectivity index (χ1) is 12.6. The summed E-state index contributed by atoms with van der Waals surface area (Å²) in [6.45, 7) is 4.14. The van der Waals surface area contributed by atoms with Crippen LogP contribution in [0.4, 0.5) is 5.69 Å². The number of phenols is 1. The molecule has 2 N–H and O–H groups in total.